The fourth-order valence-corrected chi connectivity index (χ4v) is 2.78. The zero-order valence-corrected chi connectivity index (χ0v) is 13.0. The molecule has 1 aliphatic rings. The standard InChI is InChI=1S/C15H19ClN2O4/c1-9(20)17-11-2-3-12(13(16)6-11)15(22)18-5-4-10(8-19)14(21)7-18/h2-3,6,10,14,19,21H,4-5,7-8H2,1H3,(H,17,20)/t10-,14-/m1/s1. The van der Waals surface area contributed by atoms with E-state index in [4.69, 9.17) is 16.7 Å². The molecule has 0 aromatic heterocycles. The minimum Gasteiger partial charge on any atom is -0.396 e. The Morgan fingerprint density at radius 2 is 2.18 bits per heavy atom. The number of aliphatic hydroxyl groups excluding tert-OH is 2. The van der Waals surface area contributed by atoms with Gasteiger partial charge in [-0.1, -0.05) is 11.6 Å². The van der Waals surface area contributed by atoms with Gasteiger partial charge < -0.3 is 20.4 Å². The molecule has 0 spiro atoms. The molecule has 2 rings (SSSR count). The normalized spacial score (nSPS) is 21.5. The molecule has 0 radical (unpaired) electrons. The lowest BCUT2D eigenvalue weighted by Gasteiger charge is -2.35. The summed E-state index contributed by atoms with van der Waals surface area (Å²) in [6, 6.07) is 4.69. The zero-order chi connectivity index (χ0) is 16.3. The van der Waals surface area contributed by atoms with Crippen molar-refractivity contribution in [3.8, 4) is 0 Å². The number of rotatable bonds is 3. The van der Waals surface area contributed by atoms with E-state index in [0.29, 0.717) is 24.2 Å². The molecule has 0 saturated carbocycles. The van der Waals surface area contributed by atoms with E-state index in [9.17, 15) is 14.7 Å². The first-order chi connectivity index (χ1) is 10.4. The monoisotopic (exact) mass is 326 g/mol. The second-order valence-corrected chi connectivity index (χ2v) is 5.83. The fourth-order valence-electron chi connectivity index (χ4n) is 2.52. The van der Waals surface area contributed by atoms with Crippen LogP contribution in [0.15, 0.2) is 18.2 Å². The first kappa shape index (κ1) is 16.7. The van der Waals surface area contributed by atoms with E-state index in [1.165, 1.54) is 17.9 Å². The van der Waals surface area contributed by atoms with Crippen LogP contribution in [0.4, 0.5) is 5.69 Å². The largest absolute Gasteiger partial charge is 0.396 e. The van der Waals surface area contributed by atoms with Crippen LogP contribution in [0.1, 0.15) is 23.7 Å². The summed E-state index contributed by atoms with van der Waals surface area (Å²) in [5.41, 5.74) is 0.846. The van der Waals surface area contributed by atoms with Crippen molar-refractivity contribution in [1.82, 2.24) is 4.90 Å². The molecule has 120 valence electrons. The molecule has 2 amide bonds. The van der Waals surface area contributed by atoms with Crippen LogP contribution in [0.25, 0.3) is 0 Å². The van der Waals surface area contributed by atoms with Crippen molar-refractivity contribution >= 4 is 29.1 Å². The highest BCUT2D eigenvalue weighted by atomic mass is 35.5. The molecule has 1 aromatic carbocycles. The van der Waals surface area contributed by atoms with E-state index in [-0.39, 0.29) is 35.9 Å². The molecule has 7 heteroatoms. The third kappa shape index (κ3) is 3.76. The number of β-amino-alcohol motifs (C(OH)–C–C–N with tert-alkyl or cyclic N) is 1. The van der Waals surface area contributed by atoms with Crippen LogP contribution in [-0.4, -0.2) is 52.7 Å². The minimum atomic E-state index is -0.736. The Bertz CT molecular complexity index is 579. The molecule has 1 aromatic rings. The Morgan fingerprint density at radius 1 is 1.45 bits per heavy atom. The van der Waals surface area contributed by atoms with Crippen molar-refractivity contribution in [1.29, 1.82) is 0 Å². The number of likely N-dealkylation sites (tertiary alicyclic amines) is 1. The van der Waals surface area contributed by atoms with Gasteiger partial charge in [-0.3, -0.25) is 9.59 Å². The van der Waals surface area contributed by atoms with Gasteiger partial charge in [0.2, 0.25) is 5.91 Å². The highest BCUT2D eigenvalue weighted by Crippen LogP contribution is 2.25. The summed E-state index contributed by atoms with van der Waals surface area (Å²) in [5.74, 6) is -0.680. The van der Waals surface area contributed by atoms with Gasteiger partial charge in [-0.25, -0.2) is 0 Å². The van der Waals surface area contributed by atoms with E-state index < -0.39 is 6.10 Å². The second-order valence-electron chi connectivity index (χ2n) is 5.43. The van der Waals surface area contributed by atoms with E-state index in [1.807, 2.05) is 0 Å². The molecular weight excluding hydrogens is 308 g/mol. The van der Waals surface area contributed by atoms with Crippen molar-refractivity contribution in [2.24, 2.45) is 5.92 Å². The number of amides is 2. The maximum atomic E-state index is 12.5. The predicted molar refractivity (Wildman–Crippen MR) is 82.9 cm³/mol. The molecule has 1 saturated heterocycles. The topological polar surface area (TPSA) is 89.9 Å². The van der Waals surface area contributed by atoms with Crippen LogP contribution in [0.5, 0.6) is 0 Å². The lowest BCUT2D eigenvalue weighted by atomic mass is 9.94. The van der Waals surface area contributed by atoms with E-state index in [1.54, 1.807) is 12.1 Å². The van der Waals surface area contributed by atoms with Gasteiger partial charge >= 0.3 is 0 Å². The Labute approximate surface area is 133 Å². The second kappa shape index (κ2) is 7.09. The average Bonchev–Trinajstić information content (AvgIpc) is 2.46. The quantitative estimate of drug-likeness (QED) is 0.776. The van der Waals surface area contributed by atoms with Crippen LogP contribution in [-0.2, 0) is 4.79 Å². The smallest absolute Gasteiger partial charge is 0.255 e. The van der Waals surface area contributed by atoms with Crippen LogP contribution in [0, 0.1) is 5.92 Å². The van der Waals surface area contributed by atoms with Gasteiger partial charge in [0.15, 0.2) is 0 Å². The van der Waals surface area contributed by atoms with Crippen LogP contribution < -0.4 is 5.32 Å². The number of benzene rings is 1. The highest BCUT2D eigenvalue weighted by molar-refractivity contribution is 6.34. The third-order valence-corrected chi connectivity index (χ3v) is 4.08. The summed E-state index contributed by atoms with van der Waals surface area (Å²) in [6.07, 6.45) is -0.189. The maximum Gasteiger partial charge on any atom is 0.255 e. The van der Waals surface area contributed by atoms with Gasteiger partial charge in [0, 0.05) is 38.2 Å². The number of hydrogen-bond donors (Lipinski definition) is 3. The van der Waals surface area contributed by atoms with Gasteiger partial charge in [0.1, 0.15) is 0 Å². The number of carbonyl (C=O) groups excluding carboxylic acids is 2. The average molecular weight is 327 g/mol. The number of aliphatic hydroxyl groups is 2. The predicted octanol–water partition coefficient (Wildman–Crippen LogP) is 1.11. The molecule has 6 nitrogen and oxygen atoms in total. The summed E-state index contributed by atoms with van der Waals surface area (Å²) in [6.45, 7) is 1.94. The Hall–Kier alpha value is -1.63. The van der Waals surface area contributed by atoms with E-state index in [0.717, 1.165) is 0 Å². The molecule has 22 heavy (non-hydrogen) atoms. The van der Waals surface area contributed by atoms with Gasteiger partial charge in [-0.2, -0.15) is 0 Å². The van der Waals surface area contributed by atoms with E-state index >= 15 is 0 Å². The van der Waals surface area contributed by atoms with Crippen molar-refractivity contribution < 1.29 is 19.8 Å². The number of carbonyl (C=O) groups is 2. The lowest BCUT2D eigenvalue weighted by Crippen LogP contribution is -2.47. The minimum absolute atomic E-state index is 0.0879. The van der Waals surface area contributed by atoms with Gasteiger partial charge in [0.05, 0.1) is 16.7 Å². The highest BCUT2D eigenvalue weighted by Gasteiger charge is 2.30. The molecule has 0 aliphatic carbocycles. The van der Waals surface area contributed by atoms with Crippen molar-refractivity contribution in [2.75, 3.05) is 25.0 Å². The molecule has 2 atom stereocenters. The summed E-state index contributed by atoms with van der Waals surface area (Å²) in [5, 5.41) is 21.9. The zero-order valence-electron chi connectivity index (χ0n) is 12.3. The van der Waals surface area contributed by atoms with Crippen LogP contribution in [0.2, 0.25) is 5.02 Å². The Kier molecular flexibility index (Phi) is 5.39. The molecule has 1 fully saturated rings. The Balaban J connectivity index is 2.11. The van der Waals surface area contributed by atoms with Gasteiger partial charge in [0.25, 0.3) is 5.91 Å². The summed E-state index contributed by atoms with van der Waals surface area (Å²) in [7, 11) is 0. The van der Waals surface area contributed by atoms with E-state index in [2.05, 4.69) is 5.32 Å². The molecule has 0 unspecified atom stereocenters. The number of halogens is 1. The SMILES string of the molecule is CC(=O)Nc1ccc(C(=O)N2CC[C@H](CO)[C@H](O)C2)c(Cl)c1. The van der Waals surface area contributed by atoms with Crippen LogP contribution >= 0.6 is 11.6 Å². The number of anilines is 1. The molecule has 0 bridgehead atoms. The van der Waals surface area contributed by atoms with Crippen molar-refractivity contribution in [3.05, 3.63) is 28.8 Å². The van der Waals surface area contributed by atoms with Crippen molar-refractivity contribution in [2.45, 2.75) is 19.4 Å². The number of hydrogen-bond acceptors (Lipinski definition) is 4. The third-order valence-electron chi connectivity index (χ3n) is 3.76. The molecule has 1 heterocycles. The molecule has 3 N–H and O–H groups in total. The summed E-state index contributed by atoms with van der Waals surface area (Å²) in [4.78, 5) is 25.0. The first-order valence-corrected chi connectivity index (χ1v) is 7.45. The molecule has 1 aliphatic heterocycles. The lowest BCUT2D eigenvalue weighted by molar-refractivity contribution is -0.114. The molecular formula is C15H19ClN2O4. The van der Waals surface area contributed by atoms with Crippen molar-refractivity contribution in [3.63, 3.8) is 0 Å². The first-order valence-electron chi connectivity index (χ1n) is 7.07. The van der Waals surface area contributed by atoms with Crippen LogP contribution in [0.3, 0.4) is 0 Å². The fraction of sp³-hybridized carbons (Fsp3) is 0.467. The number of piperidine rings is 1. The number of nitrogens with one attached hydrogen (secondary N) is 1. The maximum absolute atomic E-state index is 12.5. The Morgan fingerprint density at radius 3 is 2.73 bits per heavy atom. The number of nitrogens with zero attached hydrogens (tertiary/aromatic N) is 1. The van der Waals surface area contributed by atoms with Gasteiger partial charge in [-0.05, 0) is 24.6 Å². The summed E-state index contributed by atoms with van der Waals surface area (Å²) < 4.78 is 0. The summed E-state index contributed by atoms with van der Waals surface area (Å²) >= 11 is 6.12. The van der Waals surface area contributed by atoms with Gasteiger partial charge in [-0.15, -0.1) is 0 Å².